The molecule has 40 heavy (non-hydrogen) atoms. The number of anilines is 1. The summed E-state index contributed by atoms with van der Waals surface area (Å²) < 4.78 is 5.47. The summed E-state index contributed by atoms with van der Waals surface area (Å²) in [6.07, 6.45) is 13.6. The molecule has 2 aromatic carbocycles. The second-order valence-corrected chi connectivity index (χ2v) is 12.8. The van der Waals surface area contributed by atoms with Crippen molar-refractivity contribution in [1.82, 2.24) is 0 Å². The molecular formula is C35H49N3O2. The summed E-state index contributed by atoms with van der Waals surface area (Å²) in [5.41, 5.74) is 11.3. The van der Waals surface area contributed by atoms with Gasteiger partial charge >= 0.3 is 0 Å². The Labute approximate surface area is 241 Å². The molecule has 0 aromatic heterocycles. The van der Waals surface area contributed by atoms with Gasteiger partial charge in [0, 0.05) is 36.1 Å². The second kappa shape index (κ2) is 13.5. The standard InChI is InChI=1S/C35H49N3O2/c1-25-20-30(18-19-33(25)40-5)27-16-14-26(15-17-27)24-38(34(39)28-10-7-6-8-11-28)32-13-9-12-29(21-32)31(22-36)23-37-35(2,3)4/h9,12-13,18-23,26-28H,6-8,10-11,14-17,24,36H2,1-5H3. The van der Waals surface area contributed by atoms with Gasteiger partial charge in [-0.25, -0.2) is 0 Å². The number of ether oxygens (including phenoxy) is 1. The van der Waals surface area contributed by atoms with Crippen LogP contribution in [0.3, 0.4) is 0 Å². The predicted octanol–water partition coefficient (Wildman–Crippen LogP) is 8.06. The number of aryl methyl sites for hydroxylation is 1. The summed E-state index contributed by atoms with van der Waals surface area (Å²) in [5.74, 6) is 2.45. The molecule has 2 saturated carbocycles. The smallest absolute Gasteiger partial charge is 0.230 e. The number of nitrogens with two attached hydrogens (primary N) is 1. The lowest BCUT2D eigenvalue weighted by molar-refractivity contribution is -0.123. The van der Waals surface area contributed by atoms with Gasteiger partial charge < -0.3 is 15.4 Å². The summed E-state index contributed by atoms with van der Waals surface area (Å²) in [6.45, 7) is 9.12. The van der Waals surface area contributed by atoms with Crippen LogP contribution in [0.15, 0.2) is 53.7 Å². The topological polar surface area (TPSA) is 67.9 Å². The number of allylic oxidation sites excluding steroid dienone is 1. The van der Waals surface area contributed by atoms with Crippen LogP contribution in [0.1, 0.15) is 101 Å². The van der Waals surface area contributed by atoms with Gasteiger partial charge in [0.25, 0.3) is 0 Å². The van der Waals surface area contributed by atoms with E-state index in [2.05, 4.69) is 74.0 Å². The number of carbonyl (C=O) groups excluding carboxylic acids is 1. The second-order valence-electron chi connectivity index (χ2n) is 12.8. The van der Waals surface area contributed by atoms with Gasteiger partial charge in [0.1, 0.15) is 5.75 Å². The molecule has 0 heterocycles. The van der Waals surface area contributed by atoms with Crippen LogP contribution in [0.2, 0.25) is 0 Å². The average molecular weight is 544 g/mol. The highest BCUT2D eigenvalue weighted by molar-refractivity contribution is 6.10. The van der Waals surface area contributed by atoms with Gasteiger partial charge in [0.15, 0.2) is 0 Å². The van der Waals surface area contributed by atoms with Gasteiger partial charge in [-0.05, 0) is 113 Å². The number of nitrogens with zero attached hydrogens (tertiary/aromatic N) is 2. The minimum Gasteiger partial charge on any atom is -0.496 e. The Hall–Kier alpha value is -3.08. The number of hydrogen-bond acceptors (Lipinski definition) is 4. The Kier molecular flexibility index (Phi) is 10.1. The molecule has 0 unspecified atom stereocenters. The van der Waals surface area contributed by atoms with E-state index in [-0.39, 0.29) is 11.5 Å². The number of amides is 1. The third-order valence-corrected chi connectivity index (χ3v) is 8.66. The third kappa shape index (κ3) is 7.77. The first-order valence-electron chi connectivity index (χ1n) is 15.2. The number of aliphatic imine (C=N–C) groups is 1. The number of hydrogen-bond donors (Lipinski definition) is 1. The zero-order valence-electron chi connectivity index (χ0n) is 25.3. The van der Waals surface area contributed by atoms with Crippen molar-refractivity contribution >= 4 is 23.4 Å². The Morgan fingerprint density at radius 2 is 1.75 bits per heavy atom. The van der Waals surface area contributed by atoms with E-state index in [1.807, 2.05) is 12.3 Å². The maximum atomic E-state index is 14.0. The molecule has 2 aromatic rings. The Morgan fingerprint density at radius 1 is 1.02 bits per heavy atom. The maximum Gasteiger partial charge on any atom is 0.230 e. The number of carbonyl (C=O) groups is 1. The first-order chi connectivity index (χ1) is 19.2. The average Bonchev–Trinajstić information content (AvgIpc) is 2.96. The summed E-state index contributed by atoms with van der Waals surface area (Å²) in [5, 5.41) is 0. The van der Waals surface area contributed by atoms with E-state index in [1.54, 1.807) is 13.3 Å². The van der Waals surface area contributed by atoms with Crippen LogP contribution in [0.5, 0.6) is 5.75 Å². The van der Waals surface area contributed by atoms with E-state index in [0.29, 0.717) is 17.7 Å². The van der Waals surface area contributed by atoms with Crippen LogP contribution in [-0.2, 0) is 4.79 Å². The molecule has 0 atom stereocenters. The summed E-state index contributed by atoms with van der Waals surface area (Å²) in [7, 11) is 1.73. The lowest BCUT2D eigenvalue weighted by Gasteiger charge is -2.35. The van der Waals surface area contributed by atoms with Crippen LogP contribution in [-0.4, -0.2) is 31.3 Å². The van der Waals surface area contributed by atoms with Crippen molar-refractivity contribution in [3.8, 4) is 5.75 Å². The fourth-order valence-electron chi connectivity index (χ4n) is 6.32. The molecular weight excluding hydrogens is 494 g/mol. The van der Waals surface area contributed by atoms with E-state index >= 15 is 0 Å². The van der Waals surface area contributed by atoms with E-state index in [0.717, 1.165) is 80.5 Å². The van der Waals surface area contributed by atoms with E-state index < -0.39 is 0 Å². The summed E-state index contributed by atoms with van der Waals surface area (Å²) in [6, 6.07) is 14.9. The fraction of sp³-hybridized carbons (Fsp3) is 0.543. The largest absolute Gasteiger partial charge is 0.496 e. The molecule has 0 bridgehead atoms. The Balaban J connectivity index is 1.52. The lowest BCUT2D eigenvalue weighted by atomic mass is 9.78. The Morgan fingerprint density at radius 3 is 2.38 bits per heavy atom. The molecule has 216 valence electrons. The maximum absolute atomic E-state index is 14.0. The van der Waals surface area contributed by atoms with Crippen LogP contribution >= 0.6 is 0 Å². The first kappa shape index (κ1) is 29.9. The molecule has 5 heteroatoms. The molecule has 0 radical (unpaired) electrons. The van der Waals surface area contributed by atoms with Crippen molar-refractivity contribution in [2.45, 2.75) is 96.9 Å². The highest BCUT2D eigenvalue weighted by Gasteiger charge is 2.31. The Bertz CT molecular complexity index is 1200. The predicted molar refractivity (Wildman–Crippen MR) is 168 cm³/mol. The third-order valence-electron chi connectivity index (χ3n) is 8.66. The molecule has 4 rings (SSSR count). The normalized spacial score (nSPS) is 21.0. The van der Waals surface area contributed by atoms with Gasteiger partial charge in [-0.1, -0.05) is 43.5 Å². The lowest BCUT2D eigenvalue weighted by Crippen LogP contribution is -2.41. The van der Waals surface area contributed by atoms with Crippen LogP contribution in [0.4, 0.5) is 5.69 Å². The van der Waals surface area contributed by atoms with Crippen LogP contribution in [0, 0.1) is 18.8 Å². The molecule has 0 spiro atoms. The molecule has 0 saturated heterocycles. The molecule has 2 aliphatic carbocycles. The minimum atomic E-state index is -0.182. The van der Waals surface area contributed by atoms with Crippen molar-refractivity contribution in [3.63, 3.8) is 0 Å². The molecule has 2 N–H and O–H groups in total. The van der Waals surface area contributed by atoms with Crippen molar-refractivity contribution in [3.05, 3.63) is 65.4 Å². The van der Waals surface area contributed by atoms with Crippen LogP contribution < -0.4 is 15.4 Å². The van der Waals surface area contributed by atoms with E-state index in [1.165, 1.54) is 17.5 Å². The van der Waals surface area contributed by atoms with Crippen LogP contribution in [0.25, 0.3) is 5.57 Å². The molecule has 0 aliphatic heterocycles. The van der Waals surface area contributed by atoms with Gasteiger partial charge in [0.05, 0.1) is 12.6 Å². The van der Waals surface area contributed by atoms with Crippen molar-refractivity contribution in [2.75, 3.05) is 18.6 Å². The van der Waals surface area contributed by atoms with Crippen molar-refractivity contribution in [2.24, 2.45) is 22.6 Å². The highest BCUT2D eigenvalue weighted by atomic mass is 16.5. The van der Waals surface area contributed by atoms with Gasteiger partial charge in [-0.2, -0.15) is 0 Å². The zero-order valence-corrected chi connectivity index (χ0v) is 25.3. The van der Waals surface area contributed by atoms with Crippen molar-refractivity contribution < 1.29 is 9.53 Å². The van der Waals surface area contributed by atoms with Crippen molar-refractivity contribution in [1.29, 1.82) is 0 Å². The van der Waals surface area contributed by atoms with Gasteiger partial charge in [0.2, 0.25) is 5.91 Å². The number of rotatable bonds is 8. The molecule has 2 aliphatic rings. The van der Waals surface area contributed by atoms with Gasteiger partial charge in [-0.3, -0.25) is 9.79 Å². The highest BCUT2D eigenvalue weighted by Crippen LogP contribution is 2.39. The molecule has 5 nitrogen and oxygen atoms in total. The zero-order chi connectivity index (χ0) is 28.7. The fourth-order valence-corrected chi connectivity index (χ4v) is 6.32. The molecule has 2 fully saturated rings. The SMILES string of the molecule is COc1ccc(C2CCC(CN(C(=O)C3CCCCC3)c3cccc(C(C=NC(C)(C)C)=CN)c3)CC2)cc1C. The monoisotopic (exact) mass is 543 g/mol. The first-order valence-corrected chi connectivity index (χ1v) is 15.2. The van der Waals surface area contributed by atoms with Gasteiger partial charge in [-0.15, -0.1) is 0 Å². The quantitative estimate of drug-likeness (QED) is 0.342. The number of benzene rings is 2. The summed E-state index contributed by atoms with van der Waals surface area (Å²) in [4.78, 5) is 20.8. The summed E-state index contributed by atoms with van der Waals surface area (Å²) >= 11 is 0. The van der Waals surface area contributed by atoms with E-state index in [9.17, 15) is 4.79 Å². The minimum absolute atomic E-state index is 0.128. The van der Waals surface area contributed by atoms with E-state index in [4.69, 9.17) is 10.5 Å². The molecule has 1 amide bonds. The number of methoxy groups -OCH3 is 1.